The first-order valence-corrected chi connectivity index (χ1v) is 12.7. The molecule has 2 aliphatic rings. The number of alkyl halides is 1. The predicted octanol–water partition coefficient (Wildman–Crippen LogP) is 3.14. The van der Waals surface area contributed by atoms with Crippen LogP contribution in [0.5, 0.6) is 0 Å². The van der Waals surface area contributed by atoms with Gasteiger partial charge in [-0.05, 0) is 61.1 Å². The Kier molecular flexibility index (Phi) is 5.80. The summed E-state index contributed by atoms with van der Waals surface area (Å²) in [6.07, 6.45) is 0.717. The standard InChI is InChI=1S/C24H26F2N2O4S/c1-14-6-7-16(11-20(14)26)21(15-8-9-15)24(23(27)30)12-18(25)13-28(24)22(29)17-4-3-5-19(10-17)33(2,31)32/h3-7,10-11,15,18,21H,8-9,12-13H2,1-2H3,(H2,27,30)/t18?,21-,24+/m1/s1. The van der Waals surface area contributed by atoms with Crippen molar-refractivity contribution in [3.8, 4) is 0 Å². The van der Waals surface area contributed by atoms with Gasteiger partial charge in [0.2, 0.25) is 5.91 Å². The van der Waals surface area contributed by atoms with E-state index in [4.69, 9.17) is 5.73 Å². The number of nitrogens with zero attached hydrogens (tertiary/aromatic N) is 1. The maximum atomic E-state index is 14.9. The minimum absolute atomic E-state index is 0.0160. The fourth-order valence-electron chi connectivity index (χ4n) is 5.00. The quantitative estimate of drug-likeness (QED) is 0.693. The maximum Gasteiger partial charge on any atom is 0.254 e. The summed E-state index contributed by atoms with van der Waals surface area (Å²) in [4.78, 5) is 27.7. The number of carbonyl (C=O) groups excluding carboxylic acids is 2. The summed E-state index contributed by atoms with van der Waals surface area (Å²) in [5.41, 5.74) is 5.13. The fourth-order valence-corrected chi connectivity index (χ4v) is 5.67. The molecular formula is C24H26F2N2O4S. The van der Waals surface area contributed by atoms with Gasteiger partial charge in [0.05, 0.1) is 11.4 Å². The van der Waals surface area contributed by atoms with E-state index in [1.165, 1.54) is 30.3 Å². The van der Waals surface area contributed by atoms with E-state index in [1.54, 1.807) is 19.1 Å². The van der Waals surface area contributed by atoms with Gasteiger partial charge in [-0.1, -0.05) is 18.2 Å². The van der Waals surface area contributed by atoms with Crippen LogP contribution >= 0.6 is 0 Å². The van der Waals surface area contributed by atoms with Crippen LogP contribution in [0.1, 0.15) is 46.7 Å². The molecule has 33 heavy (non-hydrogen) atoms. The molecule has 2 aromatic carbocycles. The molecule has 3 atom stereocenters. The lowest BCUT2D eigenvalue weighted by Crippen LogP contribution is -2.60. The van der Waals surface area contributed by atoms with Gasteiger partial charge < -0.3 is 10.6 Å². The summed E-state index contributed by atoms with van der Waals surface area (Å²) >= 11 is 0. The first kappa shape index (κ1) is 23.4. The predicted molar refractivity (Wildman–Crippen MR) is 119 cm³/mol. The van der Waals surface area contributed by atoms with Crippen LogP contribution in [-0.4, -0.2) is 49.6 Å². The highest BCUT2D eigenvalue weighted by atomic mass is 32.2. The Morgan fingerprint density at radius 1 is 1.18 bits per heavy atom. The summed E-state index contributed by atoms with van der Waals surface area (Å²) < 4.78 is 53.3. The van der Waals surface area contributed by atoms with Gasteiger partial charge in [-0.25, -0.2) is 17.2 Å². The summed E-state index contributed by atoms with van der Waals surface area (Å²) in [6, 6.07) is 10.0. The molecule has 2 aromatic rings. The number of halogens is 2. The van der Waals surface area contributed by atoms with Crippen LogP contribution in [0.2, 0.25) is 0 Å². The van der Waals surface area contributed by atoms with Crippen LogP contribution in [-0.2, 0) is 14.6 Å². The molecule has 1 aliphatic heterocycles. The molecular weight excluding hydrogens is 450 g/mol. The minimum atomic E-state index is -3.59. The Bertz CT molecular complexity index is 1230. The second kappa shape index (κ2) is 8.20. The maximum absolute atomic E-state index is 14.9. The zero-order chi connectivity index (χ0) is 24.1. The molecule has 1 aliphatic carbocycles. The molecule has 2 amide bonds. The van der Waals surface area contributed by atoms with Crippen LogP contribution in [0.15, 0.2) is 47.4 Å². The number of carbonyl (C=O) groups is 2. The first-order chi connectivity index (χ1) is 15.4. The van der Waals surface area contributed by atoms with E-state index in [0.29, 0.717) is 11.1 Å². The summed E-state index contributed by atoms with van der Waals surface area (Å²) in [7, 11) is -3.59. The topological polar surface area (TPSA) is 97.5 Å². The lowest BCUT2D eigenvalue weighted by molar-refractivity contribution is -0.129. The number of likely N-dealkylation sites (tertiary alicyclic amines) is 1. The van der Waals surface area contributed by atoms with Crippen molar-refractivity contribution < 1.29 is 26.8 Å². The van der Waals surface area contributed by atoms with Gasteiger partial charge in [-0.15, -0.1) is 0 Å². The molecule has 4 rings (SSSR count). The highest BCUT2D eigenvalue weighted by Gasteiger charge is 2.61. The van der Waals surface area contributed by atoms with Crippen LogP contribution in [0, 0.1) is 18.7 Å². The van der Waals surface area contributed by atoms with E-state index in [9.17, 15) is 26.8 Å². The molecule has 6 nitrogen and oxygen atoms in total. The molecule has 1 saturated heterocycles. The van der Waals surface area contributed by atoms with Crippen molar-refractivity contribution >= 4 is 21.7 Å². The van der Waals surface area contributed by atoms with Gasteiger partial charge >= 0.3 is 0 Å². The number of sulfone groups is 1. The van der Waals surface area contributed by atoms with Crippen molar-refractivity contribution in [2.45, 2.75) is 48.7 Å². The van der Waals surface area contributed by atoms with Gasteiger partial charge in [0.15, 0.2) is 9.84 Å². The monoisotopic (exact) mass is 476 g/mol. The molecule has 2 fully saturated rings. The lowest BCUT2D eigenvalue weighted by atomic mass is 9.73. The molecule has 1 unspecified atom stereocenters. The van der Waals surface area contributed by atoms with Crippen molar-refractivity contribution in [3.63, 3.8) is 0 Å². The van der Waals surface area contributed by atoms with Crippen molar-refractivity contribution in [2.24, 2.45) is 11.7 Å². The Balaban J connectivity index is 1.84. The number of hydrogen-bond donors (Lipinski definition) is 1. The molecule has 1 heterocycles. The lowest BCUT2D eigenvalue weighted by Gasteiger charge is -2.42. The van der Waals surface area contributed by atoms with E-state index < -0.39 is 45.1 Å². The smallest absolute Gasteiger partial charge is 0.254 e. The average molecular weight is 477 g/mol. The van der Waals surface area contributed by atoms with Crippen LogP contribution in [0.3, 0.4) is 0 Å². The fraction of sp³-hybridized carbons (Fsp3) is 0.417. The Labute approximate surface area is 191 Å². The molecule has 2 N–H and O–H groups in total. The Morgan fingerprint density at radius 3 is 2.45 bits per heavy atom. The summed E-state index contributed by atoms with van der Waals surface area (Å²) in [5.74, 6) is -2.72. The van der Waals surface area contributed by atoms with Crippen LogP contribution < -0.4 is 5.73 Å². The largest absolute Gasteiger partial charge is 0.368 e. The third-order valence-corrected chi connectivity index (χ3v) is 7.85. The highest BCUT2D eigenvalue weighted by Crippen LogP contribution is 2.54. The van der Waals surface area contributed by atoms with Crippen molar-refractivity contribution in [1.29, 1.82) is 0 Å². The Hall–Kier alpha value is -2.81. The van der Waals surface area contributed by atoms with E-state index in [2.05, 4.69) is 0 Å². The molecule has 176 valence electrons. The molecule has 0 spiro atoms. The number of primary amides is 1. The zero-order valence-electron chi connectivity index (χ0n) is 18.4. The number of hydrogen-bond acceptors (Lipinski definition) is 4. The van der Waals surface area contributed by atoms with Crippen molar-refractivity contribution in [3.05, 3.63) is 65.0 Å². The number of amides is 2. The number of rotatable bonds is 6. The summed E-state index contributed by atoms with van der Waals surface area (Å²) in [5, 5.41) is 0. The van der Waals surface area contributed by atoms with Crippen LogP contribution in [0.4, 0.5) is 8.78 Å². The molecule has 0 radical (unpaired) electrons. The third-order valence-electron chi connectivity index (χ3n) is 6.74. The highest BCUT2D eigenvalue weighted by molar-refractivity contribution is 7.90. The number of nitrogens with two attached hydrogens (primary N) is 1. The third kappa shape index (κ3) is 4.14. The average Bonchev–Trinajstić information content (AvgIpc) is 3.51. The first-order valence-electron chi connectivity index (χ1n) is 10.8. The van der Waals surface area contributed by atoms with E-state index in [0.717, 1.165) is 24.0 Å². The van der Waals surface area contributed by atoms with Gasteiger partial charge in [0, 0.05) is 24.2 Å². The minimum Gasteiger partial charge on any atom is -0.368 e. The second-order valence-electron chi connectivity index (χ2n) is 9.13. The SMILES string of the molecule is Cc1ccc([C@@H](C2CC2)[C@]2(C(N)=O)CC(F)CN2C(=O)c2cccc(S(C)(=O)=O)c2)cc1F. The van der Waals surface area contributed by atoms with Crippen LogP contribution in [0.25, 0.3) is 0 Å². The number of aryl methyl sites for hydroxylation is 1. The van der Waals surface area contributed by atoms with Gasteiger partial charge in [0.25, 0.3) is 5.91 Å². The van der Waals surface area contributed by atoms with E-state index in [-0.39, 0.29) is 29.3 Å². The second-order valence-corrected chi connectivity index (χ2v) is 11.1. The zero-order valence-corrected chi connectivity index (χ0v) is 19.2. The molecule has 0 aromatic heterocycles. The van der Waals surface area contributed by atoms with E-state index >= 15 is 0 Å². The van der Waals surface area contributed by atoms with Crippen molar-refractivity contribution in [2.75, 3.05) is 12.8 Å². The molecule has 0 bridgehead atoms. The van der Waals surface area contributed by atoms with Crippen molar-refractivity contribution in [1.82, 2.24) is 4.90 Å². The van der Waals surface area contributed by atoms with Gasteiger partial charge in [-0.2, -0.15) is 0 Å². The number of benzene rings is 2. The molecule has 1 saturated carbocycles. The normalized spacial score (nSPS) is 24.0. The Morgan fingerprint density at radius 2 is 1.88 bits per heavy atom. The van der Waals surface area contributed by atoms with E-state index in [1.807, 2.05) is 0 Å². The van der Waals surface area contributed by atoms with Gasteiger partial charge in [0.1, 0.15) is 17.5 Å². The van der Waals surface area contributed by atoms with Gasteiger partial charge in [-0.3, -0.25) is 9.59 Å². The summed E-state index contributed by atoms with van der Waals surface area (Å²) in [6.45, 7) is 1.26. The molecule has 9 heteroatoms.